The molecule has 2 aromatic carbocycles. The summed E-state index contributed by atoms with van der Waals surface area (Å²) in [6.07, 6.45) is 6.91. The molecule has 12 heteroatoms. The van der Waals surface area contributed by atoms with Gasteiger partial charge in [-0.25, -0.2) is 0 Å². The third-order valence-corrected chi connectivity index (χ3v) is 9.80. The van der Waals surface area contributed by atoms with Gasteiger partial charge in [-0.2, -0.15) is 0 Å². The van der Waals surface area contributed by atoms with E-state index in [1.165, 1.54) is 0 Å². The van der Waals surface area contributed by atoms with E-state index in [9.17, 15) is 28.7 Å². The number of rotatable bonds is 9. The van der Waals surface area contributed by atoms with Crippen LogP contribution in [0.2, 0.25) is 0 Å². The molecule has 0 bridgehead atoms. The maximum Gasteiger partial charge on any atom is 0.325 e. The number of hydrogen-bond acceptors (Lipinski definition) is 6. The number of hydrogen-bond donors (Lipinski definition) is 4. The van der Waals surface area contributed by atoms with Crippen LogP contribution < -0.4 is 14.4 Å². The second-order valence-electron chi connectivity index (χ2n) is 9.72. The summed E-state index contributed by atoms with van der Waals surface area (Å²) in [7, 11) is -5.31. The van der Waals surface area contributed by atoms with E-state index in [1.54, 1.807) is 26.0 Å². The quantitative estimate of drug-likeness (QED) is 0.221. The van der Waals surface area contributed by atoms with Crippen LogP contribution in [0.3, 0.4) is 0 Å². The molecule has 1 aliphatic carbocycles. The molecule has 0 atom stereocenters. The summed E-state index contributed by atoms with van der Waals surface area (Å²) in [5.41, 5.74) is 2.99. The molecule has 206 valence electrons. The van der Waals surface area contributed by atoms with Crippen molar-refractivity contribution in [2.45, 2.75) is 42.5 Å². The zero-order valence-corrected chi connectivity index (χ0v) is 24.3. The first-order valence-electron chi connectivity index (χ1n) is 12.1. The van der Waals surface area contributed by atoms with Crippen LogP contribution in [0.4, 0.5) is 11.4 Å². The van der Waals surface area contributed by atoms with Crippen molar-refractivity contribution in [1.29, 1.82) is 0 Å². The maximum absolute atomic E-state index is 11.6. The number of nitrogens with zero attached hydrogens (tertiary/aromatic N) is 1. The highest BCUT2D eigenvalue weighted by atomic mass is 32.2. The molecule has 9 nitrogen and oxygen atoms in total. The Balaban J connectivity index is 1.79. The van der Waals surface area contributed by atoms with Crippen LogP contribution in [0.25, 0.3) is 0 Å². The molecule has 0 aromatic heterocycles. The molecule has 0 saturated carbocycles. The summed E-state index contributed by atoms with van der Waals surface area (Å²) in [4.78, 5) is 42.0. The molecule has 4 N–H and O–H groups in total. The van der Waals surface area contributed by atoms with Crippen LogP contribution >= 0.6 is 27.0 Å². The lowest BCUT2D eigenvalue weighted by Crippen LogP contribution is -2.34. The van der Waals surface area contributed by atoms with Gasteiger partial charge >= 0.3 is 15.2 Å². The van der Waals surface area contributed by atoms with Gasteiger partial charge in [-0.1, -0.05) is 48.2 Å². The molecule has 0 radical (unpaired) electrons. The Bertz CT molecular complexity index is 1280. The number of fused-ring (bicyclic) bond motifs is 2. The molecule has 2 aliphatic rings. The summed E-state index contributed by atoms with van der Waals surface area (Å²) < 4.78 is 34.8. The fourth-order valence-corrected chi connectivity index (χ4v) is 7.81. The average Bonchev–Trinajstić information content (AvgIpc) is 2.85. The van der Waals surface area contributed by atoms with Crippen molar-refractivity contribution in [3.05, 3.63) is 59.7 Å². The smallest absolute Gasteiger partial charge is 0.325 e. The van der Waals surface area contributed by atoms with Gasteiger partial charge in [0, 0.05) is 5.41 Å². The Morgan fingerprint density at radius 2 is 1.24 bits per heavy atom. The number of aryl methyl sites for hydroxylation is 2. The second kappa shape index (κ2) is 10.9. The van der Waals surface area contributed by atoms with Gasteiger partial charge in [-0.3, -0.25) is 9.13 Å². The highest BCUT2D eigenvalue weighted by Gasteiger charge is 2.36. The number of methoxy groups -OCH3 is 2. The topological polar surface area (TPSA) is 137 Å². The number of ether oxygens (including phenoxy) is 2. The van der Waals surface area contributed by atoms with Gasteiger partial charge in [-0.05, 0) is 49.9 Å². The average molecular weight is 582 g/mol. The van der Waals surface area contributed by atoms with Gasteiger partial charge in [0.2, 0.25) is 0 Å². The molecule has 2 aromatic rings. The molecule has 0 spiro atoms. The first-order valence-corrected chi connectivity index (χ1v) is 16.5. The lowest BCUT2D eigenvalue weighted by atomic mass is 9.78. The highest BCUT2D eigenvalue weighted by molar-refractivity contribution is 8.00. The van der Waals surface area contributed by atoms with E-state index < -0.39 is 20.6 Å². The van der Waals surface area contributed by atoms with E-state index in [0.29, 0.717) is 0 Å². The Hall–Kier alpha value is -2.03. The predicted octanol–water partition coefficient (Wildman–Crippen LogP) is 5.54. The molecule has 0 saturated heterocycles. The predicted molar refractivity (Wildman–Crippen MR) is 149 cm³/mol. The first-order chi connectivity index (χ1) is 17.8. The summed E-state index contributed by atoms with van der Waals surface area (Å²) >= 11 is 1.59. The van der Waals surface area contributed by atoms with E-state index in [0.717, 1.165) is 43.8 Å². The Kier molecular flexibility index (Phi) is 8.27. The molecule has 1 heterocycles. The van der Waals surface area contributed by atoms with Crippen LogP contribution in [-0.2, 0) is 9.13 Å². The molecule has 4 rings (SSSR count). The lowest BCUT2D eigenvalue weighted by molar-refractivity contribution is 0.347. The van der Waals surface area contributed by atoms with Crippen LogP contribution in [0.5, 0.6) is 11.5 Å². The monoisotopic (exact) mass is 581 g/mol. The van der Waals surface area contributed by atoms with Crippen LogP contribution in [0.1, 0.15) is 24.0 Å². The van der Waals surface area contributed by atoms with Crippen molar-refractivity contribution in [2.75, 3.05) is 31.4 Å². The van der Waals surface area contributed by atoms with Crippen molar-refractivity contribution in [3.63, 3.8) is 0 Å². The normalized spacial score (nSPS) is 16.8. The molecule has 0 fully saturated rings. The standard InChI is InChI=1S/C26H33NO8P2S/c1-17-5-7-20-24(22(17)34-3)38-25-21(8-6-18(2)23(25)35-4)27(20)19-9-11-26(12-10-19,13-15-36(28,29)30)14-16-37(31,32)33/h5-12,19H,13-16H2,1-4H3,(H2,28,29,30)(H2,31,32,33). The van der Waals surface area contributed by atoms with Crippen LogP contribution in [0.15, 0.2) is 58.4 Å². The van der Waals surface area contributed by atoms with Gasteiger partial charge in [0.25, 0.3) is 0 Å². The molecule has 0 amide bonds. The van der Waals surface area contributed by atoms with Crippen molar-refractivity contribution in [2.24, 2.45) is 5.41 Å². The minimum atomic E-state index is -4.30. The van der Waals surface area contributed by atoms with Crippen molar-refractivity contribution in [1.82, 2.24) is 0 Å². The molecule has 1 aliphatic heterocycles. The van der Waals surface area contributed by atoms with Gasteiger partial charge in [0.05, 0.1) is 53.8 Å². The molecule has 38 heavy (non-hydrogen) atoms. The summed E-state index contributed by atoms with van der Waals surface area (Å²) in [5, 5.41) is 0. The van der Waals surface area contributed by atoms with E-state index in [1.807, 2.05) is 62.4 Å². The SMILES string of the molecule is COc1c(C)ccc2c1Sc1c(ccc(C)c1OC)N2C1C=CC(CCP(=O)(O)O)(CCP(=O)(O)O)C=C1. The fourth-order valence-electron chi connectivity index (χ4n) is 4.98. The largest absolute Gasteiger partial charge is 0.495 e. The van der Waals surface area contributed by atoms with E-state index in [4.69, 9.17) is 9.47 Å². The summed E-state index contributed by atoms with van der Waals surface area (Å²) in [5.74, 6) is 1.54. The third kappa shape index (κ3) is 6.07. The zero-order valence-electron chi connectivity index (χ0n) is 21.7. The molecular weight excluding hydrogens is 548 g/mol. The van der Waals surface area contributed by atoms with E-state index in [2.05, 4.69) is 4.90 Å². The minimum absolute atomic E-state index is 0.0695. The molecule has 0 unspecified atom stereocenters. The summed E-state index contributed by atoms with van der Waals surface area (Å²) in [6.45, 7) is 3.98. The number of benzene rings is 2. The van der Waals surface area contributed by atoms with Gasteiger partial charge in [-0.15, -0.1) is 0 Å². The van der Waals surface area contributed by atoms with Gasteiger partial charge in [0.15, 0.2) is 0 Å². The van der Waals surface area contributed by atoms with Crippen molar-refractivity contribution in [3.8, 4) is 11.5 Å². The van der Waals surface area contributed by atoms with Gasteiger partial charge < -0.3 is 33.9 Å². The zero-order chi connectivity index (χ0) is 27.9. The fraction of sp³-hybridized carbons (Fsp3) is 0.385. The number of anilines is 2. The van der Waals surface area contributed by atoms with E-state index in [-0.39, 0.29) is 31.2 Å². The number of allylic oxidation sites excluding steroid dienone is 2. The lowest BCUT2D eigenvalue weighted by Gasteiger charge is -2.40. The van der Waals surface area contributed by atoms with Crippen LogP contribution in [0, 0.1) is 19.3 Å². The van der Waals surface area contributed by atoms with Gasteiger partial charge in [0.1, 0.15) is 11.5 Å². The molecular formula is C26H33NO8P2S. The van der Waals surface area contributed by atoms with Crippen molar-refractivity contribution >= 4 is 38.3 Å². The summed E-state index contributed by atoms with van der Waals surface area (Å²) in [6, 6.07) is 7.82. The van der Waals surface area contributed by atoms with Crippen molar-refractivity contribution < 1.29 is 38.2 Å². The minimum Gasteiger partial charge on any atom is -0.495 e. The second-order valence-corrected chi connectivity index (χ2v) is 14.3. The van der Waals surface area contributed by atoms with E-state index >= 15 is 0 Å². The Morgan fingerprint density at radius 1 is 0.816 bits per heavy atom. The Morgan fingerprint density at radius 3 is 1.61 bits per heavy atom. The Labute approximate surface area is 226 Å². The highest BCUT2D eigenvalue weighted by Crippen LogP contribution is 2.57. The first kappa shape index (κ1) is 29.0. The maximum atomic E-state index is 11.6. The van der Waals surface area contributed by atoms with Crippen LogP contribution in [-0.4, -0.2) is 52.2 Å². The third-order valence-electron chi connectivity index (χ3n) is 6.99.